The van der Waals surface area contributed by atoms with Gasteiger partial charge in [0.05, 0.1) is 10.6 Å². The molecule has 24 heavy (non-hydrogen) atoms. The lowest BCUT2D eigenvalue weighted by atomic mass is 10.1. The second-order valence-electron chi connectivity index (χ2n) is 6.25. The van der Waals surface area contributed by atoms with E-state index in [0.29, 0.717) is 4.90 Å². The first-order chi connectivity index (χ1) is 11.5. The molecule has 0 atom stereocenters. The zero-order valence-electron chi connectivity index (χ0n) is 14.0. The lowest BCUT2D eigenvalue weighted by Gasteiger charge is -2.11. The summed E-state index contributed by atoms with van der Waals surface area (Å²) in [5.74, 6) is -0.00550. The predicted octanol–water partition coefficient (Wildman–Crippen LogP) is 3.25. The van der Waals surface area contributed by atoms with Crippen molar-refractivity contribution in [2.45, 2.75) is 17.1 Å². The lowest BCUT2D eigenvalue weighted by molar-refractivity contribution is 0.414. The van der Waals surface area contributed by atoms with Crippen LogP contribution in [0.15, 0.2) is 59.5 Å². The maximum atomic E-state index is 12.7. The standard InChI is InChI=1S/C19H22N2O2S/c1-21(2)13-12-17-16-10-6-7-11-18(16)20-19(17)14-24(22,23)15-8-4-3-5-9-15/h3-11,20H,12-14H2,1-2H3. The molecule has 126 valence electrons. The number of nitrogens with zero attached hydrogens (tertiary/aromatic N) is 1. The third kappa shape index (κ3) is 3.52. The van der Waals surface area contributed by atoms with Gasteiger partial charge in [0.25, 0.3) is 0 Å². The minimum absolute atomic E-state index is 0.00550. The Bertz CT molecular complexity index is 928. The summed E-state index contributed by atoms with van der Waals surface area (Å²) in [5, 5.41) is 1.11. The molecule has 4 nitrogen and oxygen atoms in total. The largest absolute Gasteiger partial charge is 0.357 e. The fraction of sp³-hybridized carbons (Fsp3) is 0.263. The topological polar surface area (TPSA) is 53.2 Å². The molecule has 0 saturated heterocycles. The van der Waals surface area contributed by atoms with E-state index in [2.05, 4.69) is 16.0 Å². The summed E-state index contributed by atoms with van der Waals surface area (Å²) in [6.45, 7) is 0.875. The Morgan fingerprint density at radius 2 is 1.62 bits per heavy atom. The van der Waals surface area contributed by atoms with Crippen LogP contribution in [0, 0.1) is 0 Å². The summed E-state index contributed by atoms with van der Waals surface area (Å²) in [6, 6.07) is 16.6. The SMILES string of the molecule is CN(C)CCc1c(CS(=O)(=O)c2ccccc2)[nH]c2ccccc12. The summed E-state index contributed by atoms with van der Waals surface area (Å²) < 4.78 is 25.5. The van der Waals surface area contributed by atoms with Crippen LogP contribution in [0.3, 0.4) is 0 Å². The van der Waals surface area contributed by atoms with Crippen molar-refractivity contribution in [2.75, 3.05) is 20.6 Å². The van der Waals surface area contributed by atoms with Gasteiger partial charge in [-0.1, -0.05) is 36.4 Å². The number of para-hydroxylation sites is 1. The van der Waals surface area contributed by atoms with E-state index in [1.807, 2.05) is 38.4 Å². The number of aromatic amines is 1. The normalized spacial score (nSPS) is 12.1. The monoisotopic (exact) mass is 342 g/mol. The number of sulfone groups is 1. The summed E-state index contributed by atoms with van der Waals surface area (Å²) >= 11 is 0. The summed E-state index contributed by atoms with van der Waals surface area (Å²) in [4.78, 5) is 5.79. The molecule has 3 aromatic rings. The molecule has 3 rings (SSSR count). The number of H-pyrrole nitrogens is 1. The summed E-state index contributed by atoms with van der Waals surface area (Å²) in [6.07, 6.45) is 0.816. The highest BCUT2D eigenvalue weighted by Crippen LogP contribution is 2.26. The van der Waals surface area contributed by atoms with Gasteiger partial charge < -0.3 is 9.88 Å². The average Bonchev–Trinajstić information content (AvgIpc) is 2.90. The van der Waals surface area contributed by atoms with Crippen molar-refractivity contribution in [2.24, 2.45) is 0 Å². The first-order valence-electron chi connectivity index (χ1n) is 7.98. The quantitative estimate of drug-likeness (QED) is 0.748. The fourth-order valence-electron chi connectivity index (χ4n) is 2.90. The van der Waals surface area contributed by atoms with Crippen LogP contribution in [0.4, 0.5) is 0 Å². The van der Waals surface area contributed by atoms with Crippen molar-refractivity contribution in [3.63, 3.8) is 0 Å². The zero-order chi connectivity index (χ0) is 17.2. The zero-order valence-corrected chi connectivity index (χ0v) is 14.8. The maximum absolute atomic E-state index is 12.7. The van der Waals surface area contributed by atoms with Gasteiger partial charge >= 0.3 is 0 Å². The van der Waals surface area contributed by atoms with Crippen LogP contribution in [0.1, 0.15) is 11.3 Å². The molecule has 1 N–H and O–H groups in total. The van der Waals surface area contributed by atoms with Crippen LogP contribution in [0.5, 0.6) is 0 Å². The number of hydrogen-bond donors (Lipinski definition) is 1. The number of likely N-dealkylation sites (N-methyl/N-ethyl adjacent to an activating group) is 1. The van der Waals surface area contributed by atoms with E-state index in [1.165, 1.54) is 0 Å². The van der Waals surface area contributed by atoms with Gasteiger partial charge in [-0.15, -0.1) is 0 Å². The van der Waals surface area contributed by atoms with E-state index >= 15 is 0 Å². The van der Waals surface area contributed by atoms with Crippen LogP contribution in [0.25, 0.3) is 10.9 Å². The van der Waals surface area contributed by atoms with Crippen molar-refractivity contribution >= 4 is 20.7 Å². The Labute approximate surface area is 143 Å². The molecule has 2 aromatic carbocycles. The van der Waals surface area contributed by atoms with Crippen LogP contribution >= 0.6 is 0 Å². The van der Waals surface area contributed by atoms with Crippen LogP contribution in [-0.4, -0.2) is 38.9 Å². The molecule has 0 aliphatic heterocycles. The molecule has 1 heterocycles. The first-order valence-corrected chi connectivity index (χ1v) is 9.63. The van der Waals surface area contributed by atoms with Crippen molar-refractivity contribution < 1.29 is 8.42 Å². The molecule has 0 aliphatic rings. The van der Waals surface area contributed by atoms with Gasteiger partial charge in [0, 0.05) is 23.1 Å². The molecule has 0 amide bonds. The molecule has 0 bridgehead atoms. The lowest BCUT2D eigenvalue weighted by Crippen LogP contribution is -2.16. The first kappa shape index (κ1) is 16.7. The predicted molar refractivity (Wildman–Crippen MR) is 97.9 cm³/mol. The van der Waals surface area contributed by atoms with Crippen molar-refractivity contribution in [1.29, 1.82) is 0 Å². The molecule has 0 aliphatic carbocycles. The van der Waals surface area contributed by atoms with E-state index in [9.17, 15) is 8.42 Å². The highest BCUT2D eigenvalue weighted by Gasteiger charge is 2.20. The molecular weight excluding hydrogens is 320 g/mol. The molecule has 0 spiro atoms. The number of nitrogens with one attached hydrogen (secondary N) is 1. The Morgan fingerprint density at radius 3 is 2.33 bits per heavy atom. The maximum Gasteiger partial charge on any atom is 0.183 e. The number of rotatable bonds is 6. The highest BCUT2D eigenvalue weighted by molar-refractivity contribution is 7.90. The molecule has 0 radical (unpaired) electrons. The van der Waals surface area contributed by atoms with Crippen molar-refractivity contribution in [3.8, 4) is 0 Å². The number of fused-ring (bicyclic) bond motifs is 1. The number of hydrogen-bond acceptors (Lipinski definition) is 3. The van der Waals surface area contributed by atoms with Gasteiger partial charge in [-0.25, -0.2) is 8.42 Å². The van der Waals surface area contributed by atoms with Gasteiger partial charge in [0.2, 0.25) is 0 Å². The second-order valence-corrected chi connectivity index (χ2v) is 8.24. The van der Waals surface area contributed by atoms with Crippen molar-refractivity contribution in [1.82, 2.24) is 9.88 Å². The summed E-state index contributed by atoms with van der Waals surface area (Å²) in [5.41, 5.74) is 2.88. The van der Waals surface area contributed by atoms with Crippen molar-refractivity contribution in [3.05, 3.63) is 65.9 Å². The number of aromatic nitrogens is 1. The van der Waals surface area contributed by atoms with Crippen LogP contribution in [-0.2, 0) is 22.0 Å². The van der Waals surface area contributed by atoms with Gasteiger partial charge in [0.15, 0.2) is 9.84 Å². The smallest absolute Gasteiger partial charge is 0.183 e. The van der Waals surface area contributed by atoms with Crippen LogP contribution in [0.2, 0.25) is 0 Å². The highest BCUT2D eigenvalue weighted by atomic mass is 32.2. The van der Waals surface area contributed by atoms with Crippen LogP contribution < -0.4 is 0 Å². The third-order valence-corrected chi connectivity index (χ3v) is 5.81. The van der Waals surface area contributed by atoms with E-state index in [1.54, 1.807) is 24.3 Å². The van der Waals surface area contributed by atoms with E-state index < -0.39 is 9.84 Å². The molecular formula is C19H22N2O2S. The van der Waals surface area contributed by atoms with Gasteiger partial charge in [-0.2, -0.15) is 0 Å². The molecule has 0 unspecified atom stereocenters. The third-order valence-electron chi connectivity index (χ3n) is 4.15. The Kier molecular flexibility index (Phi) is 4.73. The minimum Gasteiger partial charge on any atom is -0.357 e. The Balaban J connectivity index is 2.01. The number of benzene rings is 2. The van der Waals surface area contributed by atoms with E-state index in [-0.39, 0.29) is 5.75 Å². The average molecular weight is 342 g/mol. The molecule has 5 heteroatoms. The van der Waals surface area contributed by atoms with E-state index in [4.69, 9.17) is 0 Å². The summed E-state index contributed by atoms with van der Waals surface area (Å²) in [7, 11) is 0.679. The second kappa shape index (κ2) is 6.79. The fourth-order valence-corrected chi connectivity index (χ4v) is 4.27. The van der Waals surface area contributed by atoms with E-state index in [0.717, 1.165) is 35.1 Å². The molecule has 0 saturated carbocycles. The van der Waals surface area contributed by atoms with Gasteiger partial charge in [-0.05, 0) is 44.3 Å². The Morgan fingerprint density at radius 1 is 0.958 bits per heavy atom. The minimum atomic E-state index is -3.37. The molecule has 0 fully saturated rings. The Hall–Kier alpha value is -2.11. The van der Waals surface area contributed by atoms with Gasteiger partial charge in [0.1, 0.15) is 0 Å². The molecule has 1 aromatic heterocycles. The van der Waals surface area contributed by atoms with Gasteiger partial charge in [-0.3, -0.25) is 0 Å².